The van der Waals surface area contributed by atoms with Gasteiger partial charge in [-0.1, -0.05) is 94.2 Å². The number of hydrogen-bond donors (Lipinski definition) is 0. The van der Waals surface area contributed by atoms with E-state index in [0.29, 0.717) is 15.1 Å². The molecule has 1 rings (SSSR count). The molecule has 1 aromatic rings. The van der Waals surface area contributed by atoms with Gasteiger partial charge in [0.05, 0.1) is 41.2 Å². The topological polar surface area (TPSA) is 0 Å². The first-order chi connectivity index (χ1) is 12.5. The fourth-order valence-corrected chi connectivity index (χ4v) is 3.65. The molecule has 0 bridgehead atoms. The second-order valence-electron chi connectivity index (χ2n) is 7.19. The van der Waals surface area contributed by atoms with Crippen molar-refractivity contribution in [2.75, 3.05) is 26.2 Å². The van der Waals surface area contributed by atoms with E-state index < -0.39 is 0 Å². The van der Waals surface area contributed by atoms with Crippen LogP contribution in [0.25, 0.3) is 0 Å². The first kappa shape index (κ1) is 29.5. The van der Waals surface area contributed by atoms with Gasteiger partial charge in [-0.2, -0.15) is 0 Å². The summed E-state index contributed by atoms with van der Waals surface area (Å²) in [7, 11) is 0. The molecular weight excluding hydrogens is 420 g/mol. The van der Waals surface area contributed by atoms with Crippen molar-refractivity contribution in [1.29, 1.82) is 0 Å². The van der Waals surface area contributed by atoms with Crippen LogP contribution < -0.4 is 12.4 Å². The van der Waals surface area contributed by atoms with Crippen molar-refractivity contribution in [2.24, 2.45) is 0 Å². The Bertz CT molecular complexity index is 408. The Labute approximate surface area is 189 Å². The molecule has 160 valence electrons. The van der Waals surface area contributed by atoms with Crippen molar-refractivity contribution < 1.29 is 16.9 Å². The number of quaternary nitrogens is 1. The highest BCUT2D eigenvalue weighted by Crippen LogP contribution is 2.28. The maximum absolute atomic E-state index is 5.61. The number of unbranched alkanes of at least 4 members (excludes halogenated alkanes) is 4. The van der Waals surface area contributed by atoms with Crippen LogP contribution >= 0.6 is 34.8 Å². The van der Waals surface area contributed by atoms with Gasteiger partial charge in [-0.25, -0.2) is 0 Å². The molecular formula is C22H39Cl4N. The van der Waals surface area contributed by atoms with Crippen molar-refractivity contribution >= 4 is 34.8 Å². The van der Waals surface area contributed by atoms with Crippen molar-refractivity contribution in [3.63, 3.8) is 0 Å². The Morgan fingerprint density at radius 3 is 1.15 bits per heavy atom. The standard InChI is InChI=1S/C16H36N.C6H3Cl3.ClH/c1-5-9-13-17(14-10-6-2,15-11-7-3)16-12-8-4;7-4-2-1-3-5(8)6(4)9;/h5-16H2,1-4H3;1-3H;1H/q+1;;/p-1. The Kier molecular flexibility index (Phi) is 20.1. The third-order valence-electron chi connectivity index (χ3n) is 4.85. The Morgan fingerprint density at radius 1 is 0.630 bits per heavy atom. The highest BCUT2D eigenvalue weighted by Gasteiger charge is 2.24. The number of hydrogen-bond acceptors (Lipinski definition) is 0. The zero-order valence-corrected chi connectivity index (χ0v) is 20.7. The maximum Gasteiger partial charge on any atom is 0.0786 e. The smallest absolute Gasteiger partial charge is 0.0786 e. The van der Waals surface area contributed by atoms with Gasteiger partial charge in [0.25, 0.3) is 0 Å². The molecule has 27 heavy (non-hydrogen) atoms. The molecule has 0 radical (unpaired) electrons. The van der Waals surface area contributed by atoms with Crippen molar-refractivity contribution in [1.82, 2.24) is 0 Å². The average molecular weight is 459 g/mol. The summed E-state index contributed by atoms with van der Waals surface area (Å²) in [6.45, 7) is 15.0. The molecule has 5 heteroatoms. The van der Waals surface area contributed by atoms with E-state index in [1.165, 1.54) is 82.0 Å². The Hall–Kier alpha value is 0.340. The monoisotopic (exact) mass is 457 g/mol. The molecule has 1 nitrogen and oxygen atoms in total. The lowest BCUT2D eigenvalue weighted by Crippen LogP contribution is -3.00. The van der Waals surface area contributed by atoms with Gasteiger partial charge >= 0.3 is 0 Å². The van der Waals surface area contributed by atoms with Crippen molar-refractivity contribution in [2.45, 2.75) is 79.1 Å². The third-order valence-corrected chi connectivity index (χ3v) is 6.08. The Balaban J connectivity index is 0. The maximum atomic E-state index is 5.61. The van der Waals surface area contributed by atoms with Gasteiger partial charge in [0.15, 0.2) is 0 Å². The molecule has 0 fully saturated rings. The first-order valence-corrected chi connectivity index (χ1v) is 11.5. The summed E-state index contributed by atoms with van der Waals surface area (Å²) in [4.78, 5) is 0. The van der Waals surface area contributed by atoms with Crippen molar-refractivity contribution in [3.05, 3.63) is 33.3 Å². The molecule has 0 aliphatic rings. The predicted molar refractivity (Wildman–Crippen MR) is 121 cm³/mol. The fourth-order valence-electron chi connectivity index (χ4n) is 3.12. The van der Waals surface area contributed by atoms with E-state index in [0.717, 1.165) is 0 Å². The molecule has 0 unspecified atom stereocenters. The molecule has 0 saturated heterocycles. The lowest BCUT2D eigenvalue weighted by Gasteiger charge is -2.39. The first-order valence-electron chi connectivity index (χ1n) is 10.4. The minimum Gasteiger partial charge on any atom is -1.00 e. The highest BCUT2D eigenvalue weighted by atomic mass is 35.5. The summed E-state index contributed by atoms with van der Waals surface area (Å²) >= 11 is 16.8. The third kappa shape index (κ3) is 13.2. The van der Waals surface area contributed by atoms with Crippen molar-refractivity contribution in [3.8, 4) is 0 Å². The second kappa shape index (κ2) is 18.4. The van der Waals surface area contributed by atoms with E-state index in [9.17, 15) is 0 Å². The minimum atomic E-state index is 0. The number of halogens is 4. The van der Waals surface area contributed by atoms with Crippen LogP contribution in [0.5, 0.6) is 0 Å². The normalized spacial score (nSPS) is 10.8. The fraction of sp³-hybridized carbons (Fsp3) is 0.727. The van der Waals surface area contributed by atoms with Crippen LogP contribution in [0.4, 0.5) is 0 Å². The molecule has 1 aromatic carbocycles. The molecule has 0 aliphatic carbocycles. The van der Waals surface area contributed by atoms with Gasteiger partial charge in [0.1, 0.15) is 0 Å². The number of benzene rings is 1. The van der Waals surface area contributed by atoms with Gasteiger partial charge in [0.2, 0.25) is 0 Å². The predicted octanol–water partition coefficient (Wildman–Crippen LogP) is 5.65. The molecule has 0 spiro atoms. The summed E-state index contributed by atoms with van der Waals surface area (Å²) in [5, 5.41) is 1.40. The second-order valence-corrected chi connectivity index (χ2v) is 8.38. The summed E-state index contributed by atoms with van der Waals surface area (Å²) in [6, 6.07) is 5.13. The van der Waals surface area contributed by atoms with Crippen LogP contribution in [0.15, 0.2) is 18.2 Å². The van der Waals surface area contributed by atoms with E-state index in [2.05, 4.69) is 27.7 Å². The van der Waals surface area contributed by atoms with E-state index in [4.69, 9.17) is 34.8 Å². The molecule has 0 aliphatic heterocycles. The summed E-state index contributed by atoms with van der Waals surface area (Å²) in [5.41, 5.74) is 0. The van der Waals surface area contributed by atoms with Gasteiger partial charge < -0.3 is 16.9 Å². The molecule has 0 saturated carbocycles. The lowest BCUT2D eigenvalue weighted by molar-refractivity contribution is -0.929. The SMILES string of the molecule is CCCC[N+](CCCC)(CCCC)CCCC.Clc1cccc(Cl)c1Cl.[Cl-]. The number of nitrogens with zero attached hydrogens (tertiary/aromatic N) is 1. The van der Waals surface area contributed by atoms with Crippen LogP contribution in [-0.2, 0) is 0 Å². The van der Waals surface area contributed by atoms with E-state index in [-0.39, 0.29) is 12.4 Å². The van der Waals surface area contributed by atoms with Gasteiger partial charge in [0, 0.05) is 0 Å². The summed E-state index contributed by atoms with van der Waals surface area (Å²) < 4.78 is 1.42. The zero-order valence-electron chi connectivity index (χ0n) is 17.7. The molecule has 0 amide bonds. The largest absolute Gasteiger partial charge is 1.00 e. The van der Waals surface area contributed by atoms with E-state index in [1.807, 2.05) is 0 Å². The summed E-state index contributed by atoms with van der Waals surface area (Å²) in [5.74, 6) is 0. The zero-order chi connectivity index (χ0) is 19.8. The average Bonchev–Trinajstić information content (AvgIpc) is 2.65. The van der Waals surface area contributed by atoms with Crippen LogP contribution in [0.2, 0.25) is 15.1 Å². The minimum absolute atomic E-state index is 0. The molecule has 0 heterocycles. The van der Waals surface area contributed by atoms with Crippen LogP contribution in [0, 0.1) is 0 Å². The van der Waals surface area contributed by atoms with Gasteiger partial charge in [-0.05, 0) is 37.8 Å². The summed E-state index contributed by atoms with van der Waals surface area (Å²) in [6.07, 6.45) is 11.1. The quantitative estimate of drug-likeness (QED) is 0.280. The number of rotatable bonds is 12. The van der Waals surface area contributed by atoms with Crippen LogP contribution in [0.3, 0.4) is 0 Å². The van der Waals surface area contributed by atoms with Gasteiger partial charge in [-0.3, -0.25) is 0 Å². The van der Waals surface area contributed by atoms with E-state index >= 15 is 0 Å². The Morgan fingerprint density at radius 2 is 0.926 bits per heavy atom. The lowest BCUT2D eigenvalue weighted by atomic mass is 10.1. The van der Waals surface area contributed by atoms with Gasteiger partial charge in [-0.15, -0.1) is 0 Å². The van der Waals surface area contributed by atoms with Crippen LogP contribution in [0.1, 0.15) is 79.1 Å². The van der Waals surface area contributed by atoms with Crippen LogP contribution in [-0.4, -0.2) is 30.7 Å². The highest BCUT2D eigenvalue weighted by molar-refractivity contribution is 6.47. The van der Waals surface area contributed by atoms with E-state index in [1.54, 1.807) is 18.2 Å². The molecule has 0 aromatic heterocycles. The molecule has 0 N–H and O–H groups in total. The molecule has 0 atom stereocenters.